The zero-order valence-electron chi connectivity index (χ0n) is 15.1. The van der Waals surface area contributed by atoms with Crippen molar-refractivity contribution in [3.8, 4) is 11.6 Å². The number of rotatable bonds is 6. The highest BCUT2D eigenvalue weighted by Crippen LogP contribution is 2.31. The lowest BCUT2D eigenvalue weighted by molar-refractivity contribution is -0.135. The van der Waals surface area contributed by atoms with E-state index in [1.807, 2.05) is 17.2 Å². The number of aromatic nitrogens is 3. The van der Waals surface area contributed by atoms with E-state index in [4.69, 9.17) is 8.94 Å². The van der Waals surface area contributed by atoms with E-state index < -0.39 is 0 Å². The molecule has 1 unspecified atom stereocenters. The van der Waals surface area contributed by atoms with Crippen LogP contribution in [0.3, 0.4) is 0 Å². The van der Waals surface area contributed by atoms with Crippen LogP contribution in [0.5, 0.6) is 0 Å². The average Bonchev–Trinajstić information content (AvgIpc) is 3.40. The molecule has 7 nitrogen and oxygen atoms in total. The molecule has 1 amide bonds. The molecular weight excluding hydrogens is 344 g/mol. The highest BCUT2D eigenvalue weighted by atomic mass is 16.5. The van der Waals surface area contributed by atoms with Crippen molar-refractivity contribution in [1.29, 1.82) is 0 Å². The molecule has 1 atom stereocenters. The van der Waals surface area contributed by atoms with E-state index in [1.165, 1.54) is 0 Å². The van der Waals surface area contributed by atoms with Crippen molar-refractivity contribution in [3.63, 3.8) is 0 Å². The van der Waals surface area contributed by atoms with E-state index >= 15 is 0 Å². The Bertz CT molecular complexity index is 861. The molecule has 0 aromatic carbocycles. The molecule has 1 aliphatic heterocycles. The summed E-state index contributed by atoms with van der Waals surface area (Å²) in [6.07, 6.45) is 10.1. The van der Waals surface area contributed by atoms with Crippen LogP contribution in [-0.2, 0) is 11.2 Å². The minimum Gasteiger partial charge on any atom is -0.461 e. The molecular formula is C20H22N4O3. The maximum atomic E-state index is 12.8. The highest BCUT2D eigenvalue weighted by molar-refractivity contribution is 5.76. The van der Waals surface area contributed by atoms with Crippen molar-refractivity contribution in [3.05, 3.63) is 54.4 Å². The van der Waals surface area contributed by atoms with E-state index in [0.29, 0.717) is 36.7 Å². The largest absolute Gasteiger partial charge is 0.461 e. The zero-order chi connectivity index (χ0) is 18.5. The molecule has 0 spiro atoms. The number of carbonyl (C=O) groups is 1. The van der Waals surface area contributed by atoms with Gasteiger partial charge in [0.15, 0.2) is 5.76 Å². The van der Waals surface area contributed by atoms with Gasteiger partial charge in [0.25, 0.3) is 0 Å². The van der Waals surface area contributed by atoms with Crippen molar-refractivity contribution < 1.29 is 13.7 Å². The molecule has 0 N–H and O–H groups in total. The molecule has 4 heterocycles. The van der Waals surface area contributed by atoms with Gasteiger partial charge in [0, 0.05) is 31.8 Å². The lowest BCUT2D eigenvalue weighted by Gasteiger charge is -2.36. The van der Waals surface area contributed by atoms with Crippen molar-refractivity contribution in [2.75, 3.05) is 6.54 Å². The van der Waals surface area contributed by atoms with E-state index in [9.17, 15) is 4.79 Å². The number of piperidine rings is 1. The van der Waals surface area contributed by atoms with E-state index in [1.54, 1.807) is 24.6 Å². The molecule has 0 bridgehead atoms. The topological polar surface area (TPSA) is 85.3 Å². The Kier molecular flexibility index (Phi) is 5.27. The Hall–Kier alpha value is -2.96. The number of pyridine rings is 1. The average molecular weight is 366 g/mol. The molecule has 3 aromatic heterocycles. The Labute approximate surface area is 157 Å². The van der Waals surface area contributed by atoms with Crippen LogP contribution >= 0.6 is 0 Å². The Morgan fingerprint density at radius 1 is 1.26 bits per heavy atom. The number of hydrogen-bond acceptors (Lipinski definition) is 6. The van der Waals surface area contributed by atoms with Gasteiger partial charge in [-0.1, -0.05) is 11.2 Å². The van der Waals surface area contributed by atoms with Gasteiger partial charge in [-0.05, 0) is 49.4 Å². The van der Waals surface area contributed by atoms with Gasteiger partial charge in [-0.25, -0.2) is 0 Å². The summed E-state index contributed by atoms with van der Waals surface area (Å²) in [6.45, 7) is 0.807. The zero-order valence-corrected chi connectivity index (χ0v) is 15.1. The summed E-state index contributed by atoms with van der Waals surface area (Å²) in [7, 11) is 0. The lowest BCUT2D eigenvalue weighted by atomic mass is 9.96. The number of likely N-dealkylation sites (tertiary alicyclic amines) is 1. The van der Waals surface area contributed by atoms with Crippen LogP contribution in [0.2, 0.25) is 0 Å². The fraction of sp³-hybridized carbons (Fsp3) is 0.400. The first kappa shape index (κ1) is 17.5. The molecule has 0 aliphatic carbocycles. The summed E-state index contributed by atoms with van der Waals surface area (Å²) in [5.74, 6) is 1.72. The molecule has 1 saturated heterocycles. The fourth-order valence-electron chi connectivity index (χ4n) is 3.55. The van der Waals surface area contributed by atoms with E-state index in [0.717, 1.165) is 31.4 Å². The highest BCUT2D eigenvalue weighted by Gasteiger charge is 2.27. The minimum atomic E-state index is 0.133. The molecule has 3 aromatic rings. The van der Waals surface area contributed by atoms with Gasteiger partial charge in [0.05, 0.1) is 12.3 Å². The van der Waals surface area contributed by atoms with Crippen LogP contribution < -0.4 is 0 Å². The SMILES string of the molecule is O=C(CCCc1nc(-c2ccco2)no1)N1CCCCC1c1cccnc1. The van der Waals surface area contributed by atoms with Gasteiger partial charge in [-0.3, -0.25) is 9.78 Å². The molecule has 0 saturated carbocycles. The third-order valence-corrected chi connectivity index (χ3v) is 4.88. The molecule has 140 valence electrons. The first-order valence-electron chi connectivity index (χ1n) is 9.37. The van der Waals surface area contributed by atoms with Crippen LogP contribution in [0.25, 0.3) is 11.6 Å². The summed E-state index contributed by atoms with van der Waals surface area (Å²) < 4.78 is 10.5. The summed E-state index contributed by atoms with van der Waals surface area (Å²) in [4.78, 5) is 23.3. The number of carbonyl (C=O) groups excluding carboxylic acids is 1. The quantitative estimate of drug-likeness (QED) is 0.660. The first-order valence-corrected chi connectivity index (χ1v) is 9.37. The van der Waals surface area contributed by atoms with E-state index in [-0.39, 0.29) is 11.9 Å². The number of amides is 1. The van der Waals surface area contributed by atoms with Crippen molar-refractivity contribution in [2.45, 2.75) is 44.6 Å². The summed E-state index contributed by atoms with van der Waals surface area (Å²) in [5, 5.41) is 3.92. The number of nitrogens with zero attached hydrogens (tertiary/aromatic N) is 4. The smallest absolute Gasteiger partial charge is 0.238 e. The predicted molar refractivity (Wildman–Crippen MR) is 97.5 cm³/mol. The summed E-state index contributed by atoms with van der Waals surface area (Å²) in [5.41, 5.74) is 1.12. The number of hydrogen-bond donors (Lipinski definition) is 0. The molecule has 7 heteroatoms. The second kappa shape index (κ2) is 8.16. The normalized spacial score (nSPS) is 17.2. The lowest BCUT2D eigenvalue weighted by Crippen LogP contribution is -2.38. The third-order valence-electron chi connectivity index (χ3n) is 4.88. The first-order chi connectivity index (χ1) is 13.3. The van der Waals surface area contributed by atoms with Gasteiger partial charge >= 0.3 is 0 Å². The fourth-order valence-corrected chi connectivity index (χ4v) is 3.55. The van der Waals surface area contributed by atoms with Crippen LogP contribution in [0.4, 0.5) is 0 Å². The van der Waals surface area contributed by atoms with Crippen LogP contribution in [-0.4, -0.2) is 32.5 Å². The molecule has 27 heavy (non-hydrogen) atoms. The Morgan fingerprint density at radius 3 is 3.04 bits per heavy atom. The van der Waals surface area contributed by atoms with Crippen molar-refractivity contribution in [2.24, 2.45) is 0 Å². The van der Waals surface area contributed by atoms with Gasteiger partial charge in [0.1, 0.15) is 0 Å². The number of furan rings is 1. The van der Waals surface area contributed by atoms with Crippen LogP contribution in [0.1, 0.15) is 49.6 Å². The van der Waals surface area contributed by atoms with Crippen LogP contribution in [0.15, 0.2) is 51.9 Å². The molecule has 1 aliphatic rings. The van der Waals surface area contributed by atoms with Gasteiger partial charge in [0.2, 0.25) is 17.6 Å². The van der Waals surface area contributed by atoms with Gasteiger partial charge in [-0.2, -0.15) is 4.98 Å². The standard InChI is InChI=1S/C20H22N4O3/c25-19(24-12-2-1-7-16(24)15-6-4-11-21-14-15)10-3-9-18-22-20(23-27-18)17-8-5-13-26-17/h4-6,8,11,13-14,16H,1-3,7,9-10,12H2. The monoisotopic (exact) mass is 366 g/mol. The maximum Gasteiger partial charge on any atom is 0.238 e. The predicted octanol–water partition coefficient (Wildman–Crippen LogP) is 3.80. The third kappa shape index (κ3) is 4.07. The van der Waals surface area contributed by atoms with Crippen LogP contribution in [0, 0.1) is 0 Å². The second-order valence-electron chi connectivity index (χ2n) is 6.73. The van der Waals surface area contributed by atoms with E-state index in [2.05, 4.69) is 21.2 Å². The molecule has 0 radical (unpaired) electrons. The van der Waals surface area contributed by atoms with Crippen molar-refractivity contribution >= 4 is 5.91 Å². The Morgan fingerprint density at radius 2 is 2.22 bits per heavy atom. The minimum absolute atomic E-state index is 0.133. The molecule has 1 fully saturated rings. The second-order valence-corrected chi connectivity index (χ2v) is 6.73. The van der Waals surface area contributed by atoms with Gasteiger partial charge < -0.3 is 13.8 Å². The summed E-state index contributed by atoms with van der Waals surface area (Å²) in [6, 6.07) is 7.68. The van der Waals surface area contributed by atoms with Gasteiger partial charge in [-0.15, -0.1) is 0 Å². The number of aryl methyl sites for hydroxylation is 1. The van der Waals surface area contributed by atoms with Crippen molar-refractivity contribution in [1.82, 2.24) is 20.0 Å². The maximum absolute atomic E-state index is 12.8. The summed E-state index contributed by atoms with van der Waals surface area (Å²) >= 11 is 0. The Balaban J connectivity index is 1.33. The molecule has 4 rings (SSSR count).